The predicted molar refractivity (Wildman–Crippen MR) is 159 cm³/mol. The summed E-state index contributed by atoms with van der Waals surface area (Å²) in [5, 5.41) is 1.92. The molecule has 1 aliphatic heterocycles. The van der Waals surface area contributed by atoms with Crippen molar-refractivity contribution in [1.29, 1.82) is 0 Å². The van der Waals surface area contributed by atoms with E-state index >= 15 is 0 Å². The Balaban J connectivity index is 1.53. The smallest absolute Gasteiger partial charge is 0.277 e. The molecule has 1 saturated heterocycles. The maximum absolute atomic E-state index is 13.8. The van der Waals surface area contributed by atoms with Gasteiger partial charge in [0.15, 0.2) is 0 Å². The van der Waals surface area contributed by atoms with Gasteiger partial charge in [-0.25, -0.2) is 9.38 Å². The number of carbonyl (C=O) groups is 1. The molecule has 4 aromatic rings. The zero-order chi connectivity index (χ0) is 27.5. The number of rotatable bonds is 11. The van der Waals surface area contributed by atoms with Gasteiger partial charge in [0.2, 0.25) is 5.78 Å². The van der Waals surface area contributed by atoms with Gasteiger partial charge in [0.05, 0.1) is 29.8 Å². The lowest BCUT2D eigenvalue weighted by Gasteiger charge is -2.26. The molecule has 5 rings (SSSR count). The van der Waals surface area contributed by atoms with Crippen LogP contribution in [-0.4, -0.2) is 75.6 Å². The van der Waals surface area contributed by atoms with Gasteiger partial charge < -0.3 is 14.2 Å². The second-order valence-corrected chi connectivity index (χ2v) is 12.4. The molecule has 210 valence electrons. The Bertz CT molecular complexity index is 1480. The van der Waals surface area contributed by atoms with Gasteiger partial charge in [-0.3, -0.25) is 14.5 Å². The molecule has 0 radical (unpaired) electrons. The molecule has 0 aliphatic carbocycles. The van der Waals surface area contributed by atoms with Crippen LogP contribution in [0, 0.1) is 11.8 Å². The van der Waals surface area contributed by atoms with Gasteiger partial charge in [0.25, 0.3) is 11.5 Å². The topological polar surface area (TPSA) is 72.1 Å². The van der Waals surface area contributed by atoms with Gasteiger partial charge in [-0.1, -0.05) is 27.7 Å². The van der Waals surface area contributed by atoms with E-state index in [9.17, 15) is 9.59 Å². The van der Waals surface area contributed by atoms with Crippen molar-refractivity contribution in [2.75, 3.05) is 45.9 Å². The zero-order valence-electron chi connectivity index (χ0n) is 23.7. The molecular formula is C30H41N5O3S. The van der Waals surface area contributed by atoms with Gasteiger partial charge in [-0.15, -0.1) is 11.3 Å². The lowest BCUT2D eigenvalue weighted by molar-refractivity contribution is 0.0370. The van der Waals surface area contributed by atoms with Crippen molar-refractivity contribution < 1.29 is 9.53 Å². The minimum Gasteiger partial charge on any atom is -0.379 e. The Labute approximate surface area is 234 Å². The summed E-state index contributed by atoms with van der Waals surface area (Å²) in [7, 11) is 0. The number of benzene rings is 1. The number of thiophene rings is 1. The molecule has 9 heteroatoms. The average Bonchev–Trinajstić information content (AvgIpc) is 3.52. The van der Waals surface area contributed by atoms with E-state index in [1.54, 1.807) is 4.40 Å². The van der Waals surface area contributed by atoms with Crippen molar-refractivity contribution in [1.82, 2.24) is 23.8 Å². The summed E-state index contributed by atoms with van der Waals surface area (Å²) in [4.78, 5) is 36.7. The van der Waals surface area contributed by atoms with E-state index in [0.29, 0.717) is 34.4 Å². The summed E-state index contributed by atoms with van der Waals surface area (Å²) >= 11 is 1.43. The summed E-state index contributed by atoms with van der Waals surface area (Å²) in [6.45, 7) is 15.4. The number of aryl methyl sites for hydroxylation is 1. The fourth-order valence-corrected chi connectivity index (χ4v) is 6.05. The zero-order valence-corrected chi connectivity index (χ0v) is 24.5. The third-order valence-corrected chi connectivity index (χ3v) is 8.55. The maximum atomic E-state index is 13.8. The number of imidazole rings is 1. The molecule has 0 atom stereocenters. The monoisotopic (exact) mass is 551 g/mol. The van der Waals surface area contributed by atoms with Crippen molar-refractivity contribution in [2.45, 2.75) is 53.5 Å². The van der Waals surface area contributed by atoms with Gasteiger partial charge >= 0.3 is 0 Å². The number of aromatic nitrogens is 3. The van der Waals surface area contributed by atoms with Crippen LogP contribution >= 0.6 is 11.3 Å². The van der Waals surface area contributed by atoms with Crippen LogP contribution < -0.4 is 5.56 Å². The molecule has 1 amide bonds. The molecule has 0 N–H and O–H groups in total. The van der Waals surface area contributed by atoms with E-state index in [-0.39, 0.29) is 11.5 Å². The minimum absolute atomic E-state index is 0.0449. The quantitative estimate of drug-likeness (QED) is 0.259. The largest absolute Gasteiger partial charge is 0.379 e. The van der Waals surface area contributed by atoms with Crippen LogP contribution in [0.5, 0.6) is 0 Å². The summed E-state index contributed by atoms with van der Waals surface area (Å²) in [6, 6.07) is 7.70. The van der Waals surface area contributed by atoms with Crippen LogP contribution in [-0.2, 0) is 11.3 Å². The van der Waals surface area contributed by atoms with E-state index < -0.39 is 0 Å². The Morgan fingerprint density at radius 2 is 1.74 bits per heavy atom. The van der Waals surface area contributed by atoms with Crippen LogP contribution in [0.4, 0.5) is 0 Å². The van der Waals surface area contributed by atoms with Crippen LogP contribution in [0.1, 0.15) is 57.3 Å². The van der Waals surface area contributed by atoms with Crippen LogP contribution in [0.25, 0.3) is 27.0 Å². The molecule has 1 fully saturated rings. The SMILES string of the molecule is CC(C)CCN(CCC(C)C)C(=O)c1ccc2c(c1)n(CCCN1CCOCC1)c1nc3ccsc3c(=O)n21. The van der Waals surface area contributed by atoms with Crippen LogP contribution in [0.15, 0.2) is 34.4 Å². The van der Waals surface area contributed by atoms with E-state index in [2.05, 4.69) is 37.2 Å². The first kappa shape index (κ1) is 27.8. The molecule has 4 heterocycles. The maximum Gasteiger partial charge on any atom is 0.277 e. The molecule has 1 aliphatic rings. The molecule has 8 nitrogen and oxygen atoms in total. The first-order valence-electron chi connectivity index (χ1n) is 14.3. The number of hydrogen-bond acceptors (Lipinski definition) is 6. The fraction of sp³-hybridized carbons (Fsp3) is 0.567. The molecule has 39 heavy (non-hydrogen) atoms. The number of nitrogens with zero attached hydrogens (tertiary/aromatic N) is 5. The number of carbonyl (C=O) groups excluding carboxylic acids is 1. The highest BCUT2D eigenvalue weighted by Gasteiger charge is 2.21. The van der Waals surface area contributed by atoms with Crippen molar-refractivity contribution in [3.8, 4) is 0 Å². The minimum atomic E-state index is -0.0449. The Morgan fingerprint density at radius 1 is 1.03 bits per heavy atom. The van der Waals surface area contributed by atoms with Crippen molar-refractivity contribution in [3.63, 3.8) is 0 Å². The number of ether oxygens (including phenoxy) is 1. The first-order valence-corrected chi connectivity index (χ1v) is 15.2. The summed E-state index contributed by atoms with van der Waals surface area (Å²) < 4.78 is 10.0. The highest BCUT2D eigenvalue weighted by atomic mass is 32.1. The van der Waals surface area contributed by atoms with E-state index in [1.165, 1.54) is 11.3 Å². The highest BCUT2D eigenvalue weighted by Crippen LogP contribution is 2.25. The Morgan fingerprint density at radius 3 is 2.44 bits per heavy atom. The van der Waals surface area contributed by atoms with Crippen molar-refractivity contribution in [3.05, 3.63) is 45.6 Å². The molecule has 0 saturated carbocycles. The summed E-state index contributed by atoms with van der Waals surface area (Å²) in [6.07, 6.45) is 2.87. The second kappa shape index (κ2) is 12.2. The molecular weight excluding hydrogens is 510 g/mol. The first-order chi connectivity index (χ1) is 18.8. The molecule has 0 spiro atoms. The molecule has 0 unspecified atom stereocenters. The van der Waals surface area contributed by atoms with Gasteiger partial charge in [0, 0.05) is 44.8 Å². The van der Waals surface area contributed by atoms with E-state index in [4.69, 9.17) is 9.72 Å². The highest BCUT2D eigenvalue weighted by molar-refractivity contribution is 7.17. The molecule has 0 bridgehead atoms. The number of hydrogen-bond donors (Lipinski definition) is 0. The number of fused-ring (bicyclic) bond motifs is 4. The third kappa shape index (κ3) is 6.05. The lowest BCUT2D eigenvalue weighted by atomic mass is 10.1. The van der Waals surface area contributed by atoms with Crippen molar-refractivity contribution >= 4 is 44.3 Å². The third-order valence-electron chi connectivity index (χ3n) is 7.66. The second-order valence-electron chi connectivity index (χ2n) is 11.5. The van der Waals surface area contributed by atoms with E-state index in [1.807, 2.05) is 34.5 Å². The summed E-state index contributed by atoms with van der Waals surface area (Å²) in [5.74, 6) is 1.76. The number of morpholine rings is 1. The Hall–Kier alpha value is -2.75. The number of amides is 1. The normalized spacial score (nSPS) is 14.9. The van der Waals surface area contributed by atoms with Crippen LogP contribution in [0.3, 0.4) is 0 Å². The lowest BCUT2D eigenvalue weighted by Crippen LogP contribution is -2.37. The molecule has 3 aromatic heterocycles. The van der Waals surface area contributed by atoms with Crippen molar-refractivity contribution in [2.24, 2.45) is 11.8 Å². The van der Waals surface area contributed by atoms with Gasteiger partial charge in [-0.05, 0) is 60.7 Å². The fourth-order valence-electron chi connectivity index (χ4n) is 5.29. The standard InChI is InChI=1S/C30H41N5O3S/c1-21(2)8-13-33(14-9-22(3)4)28(36)23-6-7-25-26(20-23)34(12-5-11-32-15-17-38-18-16-32)30-31-24-10-19-39-27(24)29(37)35(25)30/h6-7,10,19-22H,5,8-9,11-18H2,1-4H3. The predicted octanol–water partition coefficient (Wildman–Crippen LogP) is 5.12. The van der Waals surface area contributed by atoms with Crippen LogP contribution in [0.2, 0.25) is 0 Å². The summed E-state index contributed by atoms with van der Waals surface area (Å²) in [5.41, 5.74) is 3.04. The average molecular weight is 552 g/mol. The van der Waals surface area contributed by atoms with Gasteiger partial charge in [0.1, 0.15) is 4.70 Å². The molecule has 1 aromatic carbocycles. The van der Waals surface area contributed by atoms with E-state index in [0.717, 1.165) is 81.8 Å². The Kier molecular flexibility index (Phi) is 8.69. The van der Waals surface area contributed by atoms with Gasteiger partial charge in [-0.2, -0.15) is 0 Å².